The number of hydrogen-bond donors (Lipinski definition) is 1. The second-order valence-corrected chi connectivity index (χ2v) is 46.2. The molecule has 400 valence electrons. The van der Waals surface area contributed by atoms with Crippen LogP contribution in [0.25, 0.3) is 19.5 Å². The Labute approximate surface area is 497 Å². The number of hydrogen-bond acceptors (Lipinski definition) is 9. The maximum Gasteiger partial charge on any atom is 0.490 e. The number of rotatable bonds is 18. The van der Waals surface area contributed by atoms with Gasteiger partial charge in [-0.25, -0.2) is 4.79 Å². The molecule has 0 saturated heterocycles. The van der Waals surface area contributed by atoms with Crippen LogP contribution in [0, 0.1) is 6.92 Å². The van der Waals surface area contributed by atoms with E-state index in [-0.39, 0.29) is 0 Å². The maximum atomic E-state index is 10.6. The number of carbonyl (C=O) groups is 1. The Morgan fingerprint density at radius 3 is 1.30 bits per heavy atom. The van der Waals surface area contributed by atoms with Crippen molar-refractivity contribution in [2.24, 2.45) is 0 Å². The minimum atomic E-state index is -5.08. The molecule has 0 unspecified atom stereocenters. The molecule has 2 nitrogen and oxygen atoms in total. The molecular weight excluding hydrogens is 1310 g/mol. The number of unbranched alkanes of at least 4 members (excludes halogenated alkanes) is 4. The van der Waals surface area contributed by atoms with Gasteiger partial charge < -0.3 is 5.11 Å². The molecule has 0 bridgehead atoms. The fourth-order valence-corrected chi connectivity index (χ4v) is 34.8. The number of alkyl halides is 3. The van der Waals surface area contributed by atoms with Crippen LogP contribution >= 0.6 is 145 Å². The van der Waals surface area contributed by atoms with Crippen LogP contribution < -0.4 is 32.9 Å². The maximum absolute atomic E-state index is 10.6. The second-order valence-electron chi connectivity index (χ2n) is 19.0. The van der Waals surface area contributed by atoms with Crippen LogP contribution in [0.4, 0.5) is 13.2 Å². The summed E-state index contributed by atoms with van der Waals surface area (Å²) in [7, 11) is -3.31. The molecular formula is C54H63Br2Cl2F3O2S8Si3. The third kappa shape index (κ3) is 15.3. The van der Waals surface area contributed by atoms with Gasteiger partial charge in [-0.1, -0.05) is 97.3 Å². The van der Waals surface area contributed by atoms with E-state index in [2.05, 4.69) is 192 Å². The van der Waals surface area contributed by atoms with Crippen molar-refractivity contribution < 1.29 is 23.1 Å². The van der Waals surface area contributed by atoms with E-state index in [1.54, 1.807) is 66.1 Å². The highest BCUT2D eigenvalue weighted by Gasteiger charge is 2.52. The summed E-state index contributed by atoms with van der Waals surface area (Å²) in [6, 6.07) is 27.9. The van der Waals surface area contributed by atoms with Crippen LogP contribution in [0.5, 0.6) is 0 Å². The van der Waals surface area contributed by atoms with Gasteiger partial charge in [0.15, 0.2) is 0 Å². The van der Waals surface area contributed by atoms with Gasteiger partial charge in [0.2, 0.25) is 8.07 Å². The summed E-state index contributed by atoms with van der Waals surface area (Å²) in [5.74, 6) is -2.76. The molecule has 0 amide bonds. The highest BCUT2D eigenvalue weighted by Crippen LogP contribution is 2.43. The van der Waals surface area contributed by atoms with Gasteiger partial charge in [0.1, 0.15) is 0 Å². The van der Waals surface area contributed by atoms with Gasteiger partial charge in [0, 0.05) is 61.1 Å². The fourth-order valence-electron chi connectivity index (χ4n) is 8.20. The van der Waals surface area contributed by atoms with Gasteiger partial charge in [-0.15, -0.1) is 113 Å². The van der Waals surface area contributed by atoms with Gasteiger partial charge in [0.05, 0.1) is 17.8 Å². The van der Waals surface area contributed by atoms with Crippen molar-refractivity contribution in [3.63, 3.8) is 0 Å². The summed E-state index contributed by atoms with van der Waals surface area (Å²) in [6.07, 6.45) is 9.71. The molecule has 9 rings (SSSR count). The molecule has 0 spiro atoms. The SMILES string of the molecule is CCCCc1ccc([Si](Cl)(Cl)c2ccc(CCCC)s2)s1.CCCCc1ccc([Si]2(c3ccc(CCCC)s3)c3ccsc3-c3sccc32)s1.Cc1cc(Br)c(-c2sc([Si](C)(C)C)cc2Br)s1.O=C(O)C(F)(F)F. The largest absolute Gasteiger partial charge is 0.490 e. The molecule has 1 aliphatic rings. The van der Waals surface area contributed by atoms with Crippen molar-refractivity contribution in [2.45, 2.75) is 137 Å². The molecule has 1 aliphatic heterocycles. The highest BCUT2D eigenvalue weighted by atomic mass is 79.9. The Morgan fingerprint density at radius 1 is 0.568 bits per heavy atom. The van der Waals surface area contributed by atoms with Crippen molar-refractivity contribution in [3.8, 4) is 19.5 Å². The van der Waals surface area contributed by atoms with Gasteiger partial charge in [0.25, 0.3) is 0 Å². The minimum absolute atomic E-state index is 1.14. The van der Waals surface area contributed by atoms with E-state index in [1.807, 2.05) is 45.3 Å². The first-order valence-electron chi connectivity index (χ1n) is 24.9. The van der Waals surface area contributed by atoms with Crippen molar-refractivity contribution in [1.29, 1.82) is 0 Å². The van der Waals surface area contributed by atoms with E-state index in [4.69, 9.17) is 32.1 Å². The summed E-state index contributed by atoms with van der Waals surface area (Å²) >= 11 is 36.5. The summed E-state index contributed by atoms with van der Waals surface area (Å²) in [5.41, 5.74) is 0. The van der Waals surface area contributed by atoms with E-state index < -0.39 is 35.0 Å². The number of halogens is 7. The molecule has 9 heterocycles. The average Bonchev–Trinajstić information content (AvgIpc) is 4.19. The third-order valence-electron chi connectivity index (χ3n) is 12.1. The van der Waals surface area contributed by atoms with Crippen molar-refractivity contribution in [2.75, 3.05) is 0 Å². The van der Waals surface area contributed by atoms with Crippen LogP contribution in [0.3, 0.4) is 0 Å². The molecule has 0 saturated carbocycles. The number of aryl methyl sites for hydroxylation is 5. The smallest absolute Gasteiger partial charge is 0.475 e. The topological polar surface area (TPSA) is 37.3 Å². The lowest BCUT2D eigenvalue weighted by Gasteiger charge is -2.26. The summed E-state index contributed by atoms with van der Waals surface area (Å²) in [4.78, 5) is 22.0. The highest BCUT2D eigenvalue weighted by molar-refractivity contribution is 9.11. The molecule has 20 heteroatoms. The van der Waals surface area contributed by atoms with Gasteiger partial charge >= 0.3 is 18.8 Å². The molecule has 74 heavy (non-hydrogen) atoms. The Morgan fingerprint density at radius 2 is 0.946 bits per heavy atom. The van der Waals surface area contributed by atoms with Gasteiger partial charge in [-0.2, -0.15) is 13.2 Å². The lowest BCUT2D eigenvalue weighted by Crippen LogP contribution is -2.71. The van der Waals surface area contributed by atoms with Gasteiger partial charge in [-0.05, 0) is 164 Å². The lowest BCUT2D eigenvalue weighted by molar-refractivity contribution is -0.192. The molecule has 0 aliphatic carbocycles. The van der Waals surface area contributed by atoms with Crippen LogP contribution in [0.1, 0.15) is 103 Å². The van der Waals surface area contributed by atoms with Crippen molar-refractivity contribution >= 4 is 206 Å². The van der Waals surface area contributed by atoms with E-state index in [9.17, 15) is 13.2 Å². The number of carboxylic acid groups (broad SMARTS) is 1. The minimum Gasteiger partial charge on any atom is -0.475 e. The van der Waals surface area contributed by atoms with Crippen LogP contribution in [0.15, 0.2) is 92.5 Å². The Kier molecular flexibility index (Phi) is 23.5. The molecule has 0 fully saturated rings. The normalized spacial score (nSPS) is 12.9. The summed E-state index contributed by atoms with van der Waals surface area (Å²) < 4.78 is 41.4. The number of fused-ring (bicyclic) bond motifs is 3. The molecule has 0 atom stereocenters. The number of carboxylic acids is 1. The monoisotopic (exact) mass is 1370 g/mol. The summed E-state index contributed by atoms with van der Waals surface area (Å²) in [6.45, 7) is 15.8. The number of thiophene rings is 8. The standard InChI is InChI=1S/C24H26S4Si.C16H22Cl2S2Si.C12H14Br2S2Si.C2HF3O2/c1-3-5-7-17-9-11-21(27-17)29(22-12-10-18(28-22)8-6-4-2)19-13-15-25-23(19)24-20(29)14-16-26-24;1-3-5-7-13-9-11-15(19-13)21(17,18)16-12-10-14(20-16)8-6-4-2;1-7-5-8(13)11(15-7)12-9(14)6-10(16-12)17(2,3)4;3-2(4,5)1(6)7/h9-16H,3-8H2,1-2H3;9-12H,3-8H2,1-2H3;5-6H,1-4H3;(H,6,7). The lowest BCUT2D eigenvalue weighted by atomic mass is 10.2. The first-order chi connectivity index (χ1) is 35.1. The zero-order valence-electron chi connectivity index (χ0n) is 42.8. The van der Waals surface area contributed by atoms with Crippen molar-refractivity contribution in [1.82, 2.24) is 0 Å². The summed E-state index contributed by atoms with van der Waals surface area (Å²) in [5, 5.41) is 15.1. The molecule has 8 aromatic heterocycles. The van der Waals surface area contributed by atoms with Crippen LogP contribution in [-0.2, 0) is 30.5 Å². The van der Waals surface area contributed by atoms with E-state index in [0.29, 0.717) is 0 Å². The van der Waals surface area contributed by atoms with E-state index >= 15 is 0 Å². The second kappa shape index (κ2) is 28.0. The molecule has 8 aromatic rings. The van der Waals surface area contributed by atoms with Crippen molar-refractivity contribution in [3.05, 3.63) is 117 Å². The molecule has 1 N–H and O–H groups in total. The van der Waals surface area contributed by atoms with Crippen LogP contribution in [-0.4, -0.2) is 40.1 Å². The van der Waals surface area contributed by atoms with E-state index in [1.165, 1.54) is 107 Å². The quantitative estimate of drug-likeness (QED) is 0.0687. The van der Waals surface area contributed by atoms with E-state index in [0.717, 1.165) is 12.8 Å². The average molecular weight is 1370 g/mol. The zero-order chi connectivity index (χ0) is 54.0. The Hall–Kier alpha value is -0.949. The Balaban J connectivity index is 0.000000175. The first-order valence-corrected chi connectivity index (χ1v) is 42.6. The zero-order valence-corrected chi connectivity index (χ0v) is 57.1. The predicted molar refractivity (Wildman–Crippen MR) is 345 cm³/mol. The van der Waals surface area contributed by atoms with Gasteiger partial charge in [-0.3, -0.25) is 0 Å². The number of aliphatic carboxylic acids is 1. The predicted octanol–water partition coefficient (Wildman–Crippen LogP) is 18.0. The van der Waals surface area contributed by atoms with Crippen LogP contribution in [0.2, 0.25) is 19.6 Å². The fraction of sp³-hybridized carbons (Fsp3) is 0.389. The molecule has 0 aromatic carbocycles. The first kappa shape index (κ1) is 62.3. The third-order valence-corrected chi connectivity index (χ3v) is 40.6. The molecule has 0 radical (unpaired) electrons. The Bertz CT molecular complexity index is 2900.